The molecule has 18 heavy (non-hydrogen) atoms. The van der Waals surface area contributed by atoms with Gasteiger partial charge in [-0.3, -0.25) is 0 Å². The van der Waals surface area contributed by atoms with Gasteiger partial charge < -0.3 is 0 Å². The third-order valence-electron chi connectivity index (χ3n) is 3.97. The van der Waals surface area contributed by atoms with Gasteiger partial charge in [0.2, 0.25) is 10.0 Å². The average Bonchev–Trinajstić information content (AvgIpc) is 2.41. The van der Waals surface area contributed by atoms with Crippen molar-refractivity contribution >= 4 is 10.0 Å². The topological polar surface area (TPSA) is 86.1 Å². The SMILES string of the molecule is [N-]=[N+]=NC1CCN(S(=O)(=O)C2CCCCC2)CC1. The van der Waals surface area contributed by atoms with Crippen LogP contribution < -0.4 is 0 Å². The first kappa shape index (κ1) is 13.6. The minimum atomic E-state index is -3.12. The van der Waals surface area contributed by atoms with Crippen LogP contribution in [0.1, 0.15) is 44.9 Å². The molecule has 0 aromatic carbocycles. The fraction of sp³-hybridized carbons (Fsp3) is 1.00. The Hall–Kier alpha value is -0.780. The van der Waals surface area contributed by atoms with E-state index in [2.05, 4.69) is 10.0 Å². The zero-order chi connectivity index (χ0) is 13.0. The third kappa shape index (κ3) is 2.96. The molecule has 1 heterocycles. The van der Waals surface area contributed by atoms with Crippen molar-refractivity contribution in [1.29, 1.82) is 0 Å². The third-order valence-corrected chi connectivity index (χ3v) is 6.37. The van der Waals surface area contributed by atoms with Crippen LogP contribution in [0.2, 0.25) is 0 Å². The molecule has 1 aliphatic carbocycles. The molecule has 1 saturated carbocycles. The maximum Gasteiger partial charge on any atom is 0.216 e. The highest BCUT2D eigenvalue weighted by Crippen LogP contribution is 2.28. The van der Waals surface area contributed by atoms with Crippen LogP contribution in [0, 0.1) is 0 Å². The molecular weight excluding hydrogens is 252 g/mol. The summed E-state index contributed by atoms with van der Waals surface area (Å²) >= 11 is 0. The molecular formula is C11H20N4O2S. The van der Waals surface area contributed by atoms with Crippen LogP contribution in [0.4, 0.5) is 0 Å². The summed E-state index contributed by atoms with van der Waals surface area (Å²) in [5, 5.41) is 3.49. The number of hydrogen-bond donors (Lipinski definition) is 0. The lowest BCUT2D eigenvalue weighted by atomic mass is 10.0. The van der Waals surface area contributed by atoms with Gasteiger partial charge in [-0.2, -0.15) is 0 Å². The Morgan fingerprint density at radius 1 is 1.06 bits per heavy atom. The first-order valence-electron chi connectivity index (χ1n) is 6.68. The number of nitrogens with zero attached hydrogens (tertiary/aromatic N) is 4. The van der Waals surface area contributed by atoms with E-state index in [1.165, 1.54) is 0 Å². The zero-order valence-electron chi connectivity index (χ0n) is 10.5. The zero-order valence-corrected chi connectivity index (χ0v) is 11.3. The van der Waals surface area contributed by atoms with Crippen LogP contribution in [0.5, 0.6) is 0 Å². The molecule has 1 aliphatic heterocycles. The van der Waals surface area contributed by atoms with E-state index >= 15 is 0 Å². The smallest absolute Gasteiger partial charge is 0.212 e. The number of hydrogen-bond acceptors (Lipinski definition) is 3. The maximum atomic E-state index is 12.4. The lowest BCUT2D eigenvalue weighted by Crippen LogP contribution is -2.44. The molecule has 0 N–H and O–H groups in total. The number of azide groups is 1. The summed E-state index contributed by atoms with van der Waals surface area (Å²) in [6, 6.07) is -0.0344. The van der Waals surface area contributed by atoms with E-state index in [-0.39, 0.29) is 11.3 Å². The second-order valence-corrected chi connectivity index (χ2v) is 7.35. The molecule has 1 saturated heterocycles. The van der Waals surface area contributed by atoms with Gasteiger partial charge in [0.25, 0.3) is 0 Å². The molecule has 0 atom stereocenters. The number of rotatable bonds is 3. The summed E-state index contributed by atoms with van der Waals surface area (Å²) in [5.41, 5.74) is 8.37. The van der Waals surface area contributed by atoms with Crippen molar-refractivity contribution in [2.24, 2.45) is 5.11 Å². The fourth-order valence-corrected chi connectivity index (χ4v) is 4.93. The number of sulfonamides is 1. The Morgan fingerprint density at radius 2 is 1.67 bits per heavy atom. The van der Waals surface area contributed by atoms with Crippen molar-refractivity contribution in [3.05, 3.63) is 10.4 Å². The molecule has 0 aromatic rings. The molecule has 0 radical (unpaired) electrons. The van der Waals surface area contributed by atoms with Gasteiger partial charge in [0.05, 0.1) is 5.25 Å². The lowest BCUT2D eigenvalue weighted by Gasteiger charge is -2.33. The average molecular weight is 272 g/mol. The minimum Gasteiger partial charge on any atom is -0.212 e. The molecule has 2 rings (SSSR count). The van der Waals surface area contributed by atoms with Gasteiger partial charge in [0, 0.05) is 24.0 Å². The van der Waals surface area contributed by atoms with Gasteiger partial charge >= 0.3 is 0 Å². The quantitative estimate of drug-likeness (QED) is 0.449. The Bertz CT molecular complexity index is 416. The summed E-state index contributed by atoms with van der Waals surface area (Å²) < 4.78 is 26.5. The second kappa shape index (κ2) is 5.91. The van der Waals surface area contributed by atoms with Crippen LogP contribution in [-0.4, -0.2) is 37.1 Å². The Morgan fingerprint density at radius 3 is 2.22 bits per heavy atom. The van der Waals surface area contributed by atoms with Crippen LogP contribution in [0.25, 0.3) is 10.4 Å². The Kier molecular flexibility index (Phi) is 4.48. The van der Waals surface area contributed by atoms with Crippen molar-refractivity contribution < 1.29 is 8.42 Å². The molecule has 6 nitrogen and oxygen atoms in total. The van der Waals surface area contributed by atoms with E-state index < -0.39 is 10.0 Å². The monoisotopic (exact) mass is 272 g/mol. The molecule has 102 valence electrons. The van der Waals surface area contributed by atoms with Gasteiger partial charge in [0.15, 0.2) is 0 Å². The van der Waals surface area contributed by atoms with Gasteiger partial charge in [-0.25, -0.2) is 12.7 Å². The van der Waals surface area contributed by atoms with E-state index in [0.29, 0.717) is 25.9 Å². The Labute approximate surface area is 108 Å². The summed E-state index contributed by atoms with van der Waals surface area (Å²) in [7, 11) is -3.12. The summed E-state index contributed by atoms with van der Waals surface area (Å²) in [6.45, 7) is 1.01. The lowest BCUT2D eigenvalue weighted by molar-refractivity contribution is 0.311. The van der Waals surface area contributed by atoms with Crippen molar-refractivity contribution in [2.45, 2.75) is 56.2 Å². The fourth-order valence-electron chi connectivity index (χ4n) is 2.86. The normalized spacial score (nSPS) is 24.7. The second-order valence-electron chi connectivity index (χ2n) is 5.14. The van der Waals surface area contributed by atoms with Gasteiger partial charge in [0.1, 0.15) is 0 Å². The minimum absolute atomic E-state index is 0.0344. The molecule has 0 aromatic heterocycles. The largest absolute Gasteiger partial charge is 0.216 e. The van der Waals surface area contributed by atoms with E-state index in [9.17, 15) is 8.42 Å². The first-order chi connectivity index (χ1) is 8.64. The summed E-state index contributed by atoms with van der Waals surface area (Å²) in [6.07, 6.45) is 6.12. The van der Waals surface area contributed by atoms with Gasteiger partial charge in [-0.1, -0.05) is 24.4 Å². The highest BCUT2D eigenvalue weighted by atomic mass is 32.2. The van der Waals surface area contributed by atoms with E-state index in [1.54, 1.807) is 4.31 Å². The van der Waals surface area contributed by atoms with Crippen molar-refractivity contribution in [2.75, 3.05) is 13.1 Å². The van der Waals surface area contributed by atoms with Crippen LogP contribution in [-0.2, 0) is 10.0 Å². The van der Waals surface area contributed by atoms with Crippen LogP contribution >= 0.6 is 0 Å². The predicted molar refractivity (Wildman–Crippen MR) is 69.5 cm³/mol. The molecule has 0 bridgehead atoms. The van der Waals surface area contributed by atoms with Crippen LogP contribution in [0.3, 0.4) is 0 Å². The molecule has 0 amide bonds. The summed E-state index contributed by atoms with van der Waals surface area (Å²) in [5.74, 6) is 0. The molecule has 2 aliphatic rings. The van der Waals surface area contributed by atoms with Crippen LogP contribution in [0.15, 0.2) is 5.11 Å². The first-order valence-corrected chi connectivity index (χ1v) is 8.18. The molecule has 7 heteroatoms. The van der Waals surface area contributed by atoms with Crippen molar-refractivity contribution in [3.63, 3.8) is 0 Å². The highest BCUT2D eigenvalue weighted by Gasteiger charge is 2.34. The van der Waals surface area contributed by atoms with Gasteiger partial charge in [-0.15, -0.1) is 0 Å². The molecule has 0 unspecified atom stereocenters. The predicted octanol–water partition coefficient (Wildman–Crippen LogP) is 2.42. The maximum absolute atomic E-state index is 12.4. The Balaban J connectivity index is 1.97. The van der Waals surface area contributed by atoms with E-state index in [0.717, 1.165) is 32.1 Å². The highest BCUT2D eigenvalue weighted by molar-refractivity contribution is 7.89. The standard InChI is InChI=1S/C11H20N4O2S/c12-14-13-10-6-8-15(9-7-10)18(16,17)11-4-2-1-3-5-11/h10-11H,1-9H2. The van der Waals surface area contributed by atoms with Crippen molar-refractivity contribution in [3.8, 4) is 0 Å². The molecule has 2 fully saturated rings. The summed E-state index contributed by atoms with van der Waals surface area (Å²) in [4.78, 5) is 2.79. The van der Waals surface area contributed by atoms with E-state index in [4.69, 9.17) is 5.53 Å². The molecule has 0 spiro atoms. The van der Waals surface area contributed by atoms with Crippen molar-refractivity contribution in [1.82, 2.24) is 4.31 Å². The van der Waals surface area contributed by atoms with E-state index in [1.807, 2.05) is 0 Å². The number of piperidine rings is 1. The van der Waals surface area contributed by atoms with Gasteiger partial charge in [-0.05, 0) is 31.2 Å².